The zero-order chi connectivity index (χ0) is 26.4. The second kappa shape index (κ2) is 49.2. The summed E-state index contributed by atoms with van der Waals surface area (Å²) in [5.41, 5.74) is 0. The molecule has 0 aromatic carbocycles. The van der Waals surface area contributed by atoms with E-state index in [4.69, 9.17) is 0 Å². The fraction of sp³-hybridized carbons (Fsp3) is 0.765. The van der Waals surface area contributed by atoms with Crippen LogP contribution >= 0.6 is 0 Å². The van der Waals surface area contributed by atoms with E-state index in [0.29, 0.717) is 0 Å². The van der Waals surface area contributed by atoms with Gasteiger partial charge in [0.1, 0.15) is 0 Å². The maximum absolute atomic E-state index is 3.72. The second-order valence-corrected chi connectivity index (χ2v) is 9.26. The van der Waals surface area contributed by atoms with Crippen molar-refractivity contribution in [1.29, 1.82) is 0 Å². The van der Waals surface area contributed by atoms with Gasteiger partial charge in [0.05, 0.1) is 0 Å². The van der Waals surface area contributed by atoms with Crippen molar-refractivity contribution in [3.8, 4) is 0 Å². The maximum atomic E-state index is 3.72. The molecule has 0 rings (SSSR count). The van der Waals surface area contributed by atoms with Gasteiger partial charge in [-0.1, -0.05) is 148 Å². The molecule has 0 bridgehead atoms. The van der Waals surface area contributed by atoms with Crippen molar-refractivity contribution in [3.63, 3.8) is 0 Å². The highest BCUT2D eigenvalue weighted by atomic mass is 14.0. The molecular weight excluding hydrogens is 408 g/mol. The first-order chi connectivity index (χ1) is 16.7. The minimum atomic E-state index is 1.18. The number of rotatable bonds is 22. The Hall–Kier alpha value is -1.04. The van der Waals surface area contributed by atoms with Gasteiger partial charge in [0, 0.05) is 0 Å². The molecule has 0 heteroatoms. The van der Waals surface area contributed by atoms with E-state index in [1.54, 1.807) is 0 Å². The number of allylic oxidation sites excluding steroid dienone is 4. The largest absolute Gasteiger partial charge is 0.103 e. The molecule has 0 aliphatic heterocycles. The molecule has 0 unspecified atom stereocenters. The van der Waals surface area contributed by atoms with E-state index in [-0.39, 0.29) is 0 Å². The van der Waals surface area contributed by atoms with E-state index in [1.807, 2.05) is 24.3 Å². The summed E-state index contributed by atoms with van der Waals surface area (Å²) in [6.45, 7) is 23.5. The number of unbranched alkanes of at least 4 members (excludes halogenated alkanes) is 18. The van der Waals surface area contributed by atoms with E-state index in [0.717, 1.165) is 0 Å². The van der Waals surface area contributed by atoms with Gasteiger partial charge in [-0.25, -0.2) is 0 Å². The van der Waals surface area contributed by atoms with Crippen molar-refractivity contribution in [2.45, 2.75) is 169 Å². The van der Waals surface area contributed by atoms with Crippen LogP contribution in [0.15, 0.2) is 50.6 Å². The zero-order valence-electron chi connectivity index (χ0n) is 24.7. The Labute approximate surface area is 219 Å². The molecule has 0 aromatic heterocycles. The van der Waals surface area contributed by atoms with Gasteiger partial charge >= 0.3 is 0 Å². The van der Waals surface area contributed by atoms with E-state index >= 15 is 0 Å². The van der Waals surface area contributed by atoms with Crippen LogP contribution in [0.25, 0.3) is 0 Å². The summed E-state index contributed by atoms with van der Waals surface area (Å²) in [4.78, 5) is 0. The minimum Gasteiger partial charge on any atom is -0.103 e. The topological polar surface area (TPSA) is 0 Å². The average molecular weight is 477 g/mol. The fourth-order valence-corrected chi connectivity index (χ4v) is 3.20. The Morgan fingerprint density at radius 1 is 0.294 bits per heavy atom. The first-order valence-electron chi connectivity index (χ1n) is 15.1. The van der Waals surface area contributed by atoms with Gasteiger partial charge in [0.15, 0.2) is 0 Å². The van der Waals surface area contributed by atoms with Crippen LogP contribution in [0, 0.1) is 0 Å². The number of hydrogen-bond acceptors (Lipinski definition) is 0. The summed E-state index contributed by atoms with van der Waals surface area (Å²) < 4.78 is 0. The molecule has 0 saturated heterocycles. The first kappa shape index (κ1) is 40.1. The standard InChI is InChI=1S/C12H24.C9H18.C7H14.C6H12/c1-3-5-7-9-11-12-10-8-6-4-2;1-3-5-7-9-8-6-4-2;1-3-5-7-6-4-2;1-3-5-6-4-2/h3H,1,4-12H2,2H3;3H,1,4-9H2,2H3;3H,1,4-7H2,2H3;3H,1,4-6H2,2H3. The van der Waals surface area contributed by atoms with Gasteiger partial charge in [-0.3, -0.25) is 0 Å². The summed E-state index contributed by atoms with van der Waals surface area (Å²) in [5.74, 6) is 0. The number of hydrogen-bond donors (Lipinski definition) is 0. The third-order valence-corrected chi connectivity index (χ3v) is 5.55. The minimum absolute atomic E-state index is 1.18. The summed E-state index contributed by atoms with van der Waals surface area (Å²) in [6, 6.07) is 0. The van der Waals surface area contributed by atoms with Crippen LogP contribution in [0.1, 0.15) is 169 Å². The Morgan fingerprint density at radius 2 is 0.500 bits per heavy atom. The Bertz CT molecular complexity index is 338. The molecule has 0 atom stereocenters. The molecule has 0 heterocycles. The van der Waals surface area contributed by atoms with Crippen molar-refractivity contribution in [2.75, 3.05) is 0 Å². The SMILES string of the molecule is C=CCCCC.C=CCCCCC.C=CCCCCCCC.C=CCCCCCCCCCC. The zero-order valence-corrected chi connectivity index (χ0v) is 24.7. The molecule has 0 radical (unpaired) electrons. The molecule has 0 spiro atoms. The smallest absolute Gasteiger partial charge is 0.0353 e. The van der Waals surface area contributed by atoms with Gasteiger partial charge < -0.3 is 0 Å². The highest BCUT2D eigenvalue weighted by molar-refractivity contribution is 4.66. The van der Waals surface area contributed by atoms with Crippen molar-refractivity contribution >= 4 is 0 Å². The molecule has 34 heavy (non-hydrogen) atoms. The average Bonchev–Trinajstić information content (AvgIpc) is 2.86. The summed E-state index contributed by atoms with van der Waals surface area (Å²) in [5, 5.41) is 0. The molecule has 0 N–H and O–H groups in total. The Kier molecular flexibility index (Phi) is 58.1. The lowest BCUT2D eigenvalue weighted by atomic mass is 10.1. The quantitative estimate of drug-likeness (QED) is 0.108. The van der Waals surface area contributed by atoms with Crippen molar-refractivity contribution in [3.05, 3.63) is 50.6 Å². The van der Waals surface area contributed by atoms with Gasteiger partial charge in [-0.05, 0) is 44.9 Å². The highest BCUT2D eigenvalue weighted by Crippen LogP contribution is 2.09. The first-order valence-corrected chi connectivity index (χ1v) is 15.1. The molecule has 0 aliphatic rings. The van der Waals surface area contributed by atoms with Crippen LogP contribution in [0.3, 0.4) is 0 Å². The molecule has 0 aromatic rings. The molecule has 0 nitrogen and oxygen atoms in total. The monoisotopic (exact) mass is 477 g/mol. The van der Waals surface area contributed by atoms with Crippen LogP contribution in [0.4, 0.5) is 0 Å². The summed E-state index contributed by atoms with van der Waals surface area (Å²) >= 11 is 0. The molecule has 0 amide bonds. The summed E-state index contributed by atoms with van der Waals surface area (Å²) in [7, 11) is 0. The Balaban J connectivity index is -0.000000183. The predicted molar refractivity (Wildman–Crippen MR) is 165 cm³/mol. The lowest BCUT2D eigenvalue weighted by Crippen LogP contribution is -1.79. The molecule has 0 fully saturated rings. The lowest BCUT2D eigenvalue weighted by molar-refractivity contribution is 0.578. The second-order valence-electron chi connectivity index (χ2n) is 9.26. The van der Waals surface area contributed by atoms with Crippen molar-refractivity contribution in [2.24, 2.45) is 0 Å². The van der Waals surface area contributed by atoms with E-state index < -0.39 is 0 Å². The summed E-state index contributed by atoms with van der Waals surface area (Å²) in [6.07, 6.45) is 37.5. The van der Waals surface area contributed by atoms with Crippen molar-refractivity contribution in [1.82, 2.24) is 0 Å². The van der Waals surface area contributed by atoms with Crippen LogP contribution in [-0.2, 0) is 0 Å². The maximum Gasteiger partial charge on any atom is -0.0353 e. The molecule has 0 saturated carbocycles. The Morgan fingerprint density at radius 3 is 0.765 bits per heavy atom. The fourth-order valence-electron chi connectivity index (χ4n) is 3.20. The normalized spacial score (nSPS) is 9.29. The van der Waals surface area contributed by atoms with Gasteiger partial charge in [-0.2, -0.15) is 0 Å². The van der Waals surface area contributed by atoms with E-state index in [1.165, 1.54) is 141 Å². The molecule has 204 valence electrons. The third kappa shape index (κ3) is 63.3. The third-order valence-electron chi connectivity index (χ3n) is 5.55. The van der Waals surface area contributed by atoms with Gasteiger partial charge in [0.2, 0.25) is 0 Å². The highest BCUT2D eigenvalue weighted by Gasteiger charge is 1.89. The predicted octanol–water partition coefficient (Wildman–Crippen LogP) is 13.4. The van der Waals surface area contributed by atoms with Gasteiger partial charge in [0.25, 0.3) is 0 Å². The van der Waals surface area contributed by atoms with Crippen LogP contribution in [0.5, 0.6) is 0 Å². The van der Waals surface area contributed by atoms with Crippen LogP contribution in [0.2, 0.25) is 0 Å². The van der Waals surface area contributed by atoms with E-state index in [2.05, 4.69) is 54.0 Å². The molecular formula is C34H68. The van der Waals surface area contributed by atoms with Crippen LogP contribution in [-0.4, -0.2) is 0 Å². The molecule has 0 aliphatic carbocycles. The lowest BCUT2D eigenvalue weighted by Gasteiger charge is -1.99. The van der Waals surface area contributed by atoms with E-state index in [9.17, 15) is 0 Å². The van der Waals surface area contributed by atoms with Gasteiger partial charge in [-0.15, -0.1) is 26.3 Å². The van der Waals surface area contributed by atoms with Crippen LogP contribution < -0.4 is 0 Å². The van der Waals surface area contributed by atoms with Crippen molar-refractivity contribution < 1.29 is 0 Å².